The maximum Gasteiger partial charge on any atom is 0.409 e. The molecule has 1 aliphatic rings. The lowest BCUT2D eigenvalue weighted by Gasteiger charge is -2.36. The number of carbonyl (C=O) groups excluding carboxylic acids is 1. The molecule has 0 unspecified atom stereocenters. The smallest absolute Gasteiger partial charge is 0.409 e. The highest BCUT2D eigenvalue weighted by Gasteiger charge is 2.37. The summed E-state index contributed by atoms with van der Waals surface area (Å²) in [6, 6.07) is 10.3. The third kappa shape index (κ3) is 5.69. The van der Waals surface area contributed by atoms with Gasteiger partial charge in [-0.3, -0.25) is 5.32 Å². The lowest BCUT2D eigenvalue weighted by Crippen LogP contribution is -2.40. The van der Waals surface area contributed by atoms with Crippen LogP contribution in [0.25, 0.3) is 0 Å². The van der Waals surface area contributed by atoms with Gasteiger partial charge in [0, 0.05) is 5.69 Å². The van der Waals surface area contributed by atoms with Crippen LogP contribution in [0.2, 0.25) is 18.1 Å². The summed E-state index contributed by atoms with van der Waals surface area (Å²) in [5, 5.41) is 11.4. The third-order valence-corrected chi connectivity index (χ3v) is 10.5. The topological polar surface area (TPSA) is 94.1 Å². The standard InChI is InChI=1S/C24H31NO6Si/c1-24(2,3)32(4,5)30-15-16-8-11-20-21(13-16)29-12-6-7-17-14-18(25-23(27)28)9-10-19(17)22(26)31-20/h8-11,13-14,25H,6-7,12,15H2,1-5H3,(H,27,28). The summed E-state index contributed by atoms with van der Waals surface area (Å²) < 4.78 is 17.9. The Balaban J connectivity index is 1.81. The van der Waals surface area contributed by atoms with Crippen LogP contribution < -0.4 is 14.8 Å². The average molecular weight is 458 g/mol. The summed E-state index contributed by atoms with van der Waals surface area (Å²) in [5.74, 6) is 0.368. The molecule has 0 radical (unpaired) electrons. The Morgan fingerprint density at radius 2 is 1.91 bits per heavy atom. The summed E-state index contributed by atoms with van der Waals surface area (Å²) in [6.07, 6.45) is 0.0716. The number of esters is 1. The normalized spacial score (nSPS) is 14.5. The van der Waals surface area contributed by atoms with Gasteiger partial charge >= 0.3 is 12.1 Å². The van der Waals surface area contributed by atoms with E-state index in [2.05, 4.69) is 39.2 Å². The van der Waals surface area contributed by atoms with E-state index in [1.165, 1.54) is 0 Å². The number of hydrogen-bond donors (Lipinski definition) is 2. The number of aryl methyl sites for hydroxylation is 1. The fraction of sp³-hybridized carbons (Fsp3) is 0.417. The Labute approximate surface area is 189 Å². The summed E-state index contributed by atoms with van der Waals surface area (Å²) >= 11 is 0. The lowest BCUT2D eigenvalue weighted by molar-refractivity contribution is 0.0724. The fourth-order valence-electron chi connectivity index (χ4n) is 3.12. The zero-order valence-corrected chi connectivity index (χ0v) is 20.3. The first-order valence-corrected chi connectivity index (χ1v) is 13.6. The van der Waals surface area contributed by atoms with Crippen LogP contribution >= 0.6 is 0 Å². The van der Waals surface area contributed by atoms with E-state index in [0.29, 0.717) is 54.4 Å². The Kier molecular flexibility index (Phi) is 6.95. The Bertz CT molecular complexity index is 1010. The van der Waals surface area contributed by atoms with Gasteiger partial charge in [-0.15, -0.1) is 0 Å². The number of fused-ring (bicyclic) bond motifs is 2. The molecule has 0 saturated carbocycles. The van der Waals surface area contributed by atoms with Crippen molar-refractivity contribution in [1.29, 1.82) is 0 Å². The molecule has 0 bridgehead atoms. The van der Waals surface area contributed by atoms with Crippen LogP contribution in [-0.2, 0) is 17.5 Å². The molecule has 0 aromatic heterocycles. The van der Waals surface area contributed by atoms with Crippen molar-refractivity contribution in [3.05, 3.63) is 53.1 Å². The summed E-state index contributed by atoms with van der Waals surface area (Å²) in [5.41, 5.74) is 2.51. The Morgan fingerprint density at radius 3 is 2.59 bits per heavy atom. The molecule has 0 fully saturated rings. The molecule has 1 amide bonds. The highest BCUT2D eigenvalue weighted by atomic mass is 28.4. The lowest BCUT2D eigenvalue weighted by atomic mass is 10.0. The molecule has 0 aliphatic carbocycles. The van der Waals surface area contributed by atoms with Gasteiger partial charge in [0.2, 0.25) is 0 Å². The highest BCUT2D eigenvalue weighted by molar-refractivity contribution is 6.74. The van der Waals surface area contributed by atoms with Crippen molar-refractivity contribution in [2.45, 2.75) is 58.4 Å². The van der Waals surface area contributed by atoms with E-state index in [1.54, 1.807) is 24.3 Å². The van der Waals surface area contributed by atoms with Gasteiger partial charge in [-0.2, -0.15) is 0 Å². The van der Waals surface area contributed by atoms with Crippen LogP contribution in [0, 0.1) is 0 Å². The second-order valence-corrected chi connectivity index (χ2v) is 14.3. The van der Waals surface area contributed by atoms with Crippen molar-refractivity contribution in [2.24, 2.45) is 0 Å². The number of anilines is 1. The largest absolute Gasteiger partial charge is 0.490 e. The predicted octanol–water partition coefficient (Wildman–Crippen LogP) is 5.84. The first-order chi connectivity index (χ1) is 15.0. The van der Waals surface area contributed by atoms with Gasteiger partial charge in [-0.25, -0.2) is 9.59 Å². The van der Waals surface area contributed by atoms with Gasteiger partial charge < -0.3 is 19.0 Å². The number of nitrogens with one attached hydrogen (secondary N) is 1. The molecule has 1 heterocycles. The first-order valence-electron chi connectivity index (χ1n) is 10.7. The second-order valence-electron chi connectivity index (χ2n) is 9.47. The minimum Gasteiger partial charge on any atom is -0.490 e. The summed E-state index contributed by atoms with van der Waals surface area (Å²) in [7, 11) is -1.89. The average Bonchev–Trinajstić information content (AvgIpc) is 2.69. The maximum absolute atomic E-state index is 12.8. The van der Waals surface area contributed by atoms with Crippen molar-refractivity contribution in [1.82, 2.24) is 0 Å². The van der Waals surface area contributed by atoms with Crippen molar-refractivity contribution in [3.63, 3.8) is 0 Å². The van der Waals surface area contributed by atoms with E-state index in [4.69, 9.17) is 19.0 Å². The maximum atomic E-state index is 12.8. The van der Waals surface area contributed by atoms with Gasteiger partial charge in [-0.05, 0) is 72.4 Å². The molecule has 0 spiro atoms. The van der Waals surface area contributed by atoms with E-state index < -0.39 is 20.4 Å². The van der Waals surface area contributed by atoms with Gasteiger partial charge in [0.25, 0.3) is 0 Å². The summed E-state index contributed by atoms with van der Waals surface area (Å²) in [6.45, 7) is 11.9. The number of ether oxygens (including phenoxy) is 2. The van der Waals surface area contributed by atoms with Crippen LogP contribution in [0.4, 0.5) is 10.5 Å². The third-order valence-electron chi connectivity index (χ3n) is 6.04. The van der Waals surface area contributed by atoms with Crippen LogP contribution in [0.15, 0.2) is 36.4 Å². The molecule has 1 aliphatic heterocycles. The number of hydrogen-bond acceptors (Lipinski definition) is 5. The zero-order valence-electron chi connectivity index (χ0n) is 19.3. The van der Waals surface area contributed by atoms with Crippen LogP contribution in [0.3, 0.4) is 0 Å². The summed E-state index contributed by atoms with van der Waals surface area (Å²) in [4.78, 5) is 23.7. The molecule has 0 saturated heterocycles. The van der Waals surface area contributed by atoms with Gasteiger partial charge in [0.1, 0.15) is 0 Å². The quantitative estimate of drug-likeness (QED) is 0.340. The fourth-order valence-corrected chi connectivity index (χ4v) is 4.08. The molecule has 2 N–H and O–H groups in total. The van der Waals surface area contributed by atoms with Crippen LogP contribution in [-0.4, -0.2) is 32.1 Å². The SMILES string of the molecule is CC(C)(C)[Si](C)(C)OCc1ccc2c(c1)OCCCc1cc(NC(=O)O)ccc1C(=O)O2. The van der Waals surface area contributed by atoms with E-state index >= 15 is 0 Å². The van der Waals surface area contributed by atoms with Crippen molar-refractivity contribution < 1.29 is 28.6 Å². The van der Waals surface area contributed by atoms with Crippen molar-refractivity contribution >= 4 is 26.1 Å². The minimum absolute atomic E-state index is 0.117. The molecule has 3 rings (SSSR count). The van der Waals surface area contributed by atoms with Crippen LogP contribution in [0.5, 0.6) is 11.5 Å². The monoisotopic (exact) mass is 457 g/mol. The molecule has 172 valence electrons. The molecule has 32 heavy (non-hydrogen) atoms. The number of carbonyl (C=O) groups is 2. The van der Waals surface area contributed by atoms with Gasteiger partial charge in [0.05, 0.1) is 18.8 Å². The van der Waals surface area contributed by atoms with E-state index in [9.17, 15) is 9.59 Å². The van der Waals surface area contributed by atoms with E-state index in [1.807, 2.05) is 12.1 Å². The molecular weight excluding hydrogens is 426 g/mol. The number of carboxylic acid groups (broad SMARTS) is 1. The first kappa shape index (κ1) is 23.8. The van der Waals surface area contributed by atoms with Crippen molar-refractivity contribution in [2.75, 3.05) is 11.9 Å². The Morgan fingerprint density at radius 1 is 1.16 bits per heavy atom. The van der Waals surface area contributed by atoms with Gasteiger partial charge in [0.15, 0.2) is 19.8 Å². The molecule has 0 atom stereocenters. The molecular formula is C24H31NO6Si. The Hall–Kier alpha value is -2.84. The highest BCUT2D eigenvalue weighted by Crippen LogP contribution is 2.38. The molecule has 8 heteroatoms. The number of amides is 1. The van der Waals surface area contributed by atoms with Crippen molar-refractivity contribution in [3.8, 4) is 11.5 Å². The molecule has 7 nitrogen and oxygen atoms in total. The zero-order chi connectivity index (χ0) is 23.5. The minimum atomic E-state index is -1.89. The number of rotatable bonds is 4. The van der Waals surface area contributed by atoms with Gasteiger partial charge in [-0.1, -0.05) is 26.8 Å². The number of benzene rings is 2. The second kappa shape index (κ2) is 9.34. The van der Waals surface area contributed by atoms with Crippen LogP contribution in [0.1, 0.15) is 48.7 Å². The molecule has 2 aromatic rings. The predicted molar refractivity (Wildman–Crippen MR) is 125 cm³/mol. The van der Waals surface area contributed by atoms with E-state index in [-0.39, 0.29) is 5.04 Å². The van der Waals surface area contributed by atoms with E-state index in [0.717, 1.165) is 5.56 Å². The molecule has 2 aromatic carbocycles.